The molecule has 0 radical (unpaired) electrons. The summed E-state index contributed by atoms with van der Waals surface area (Å²) >= 11 is 0. The van der Waals surface area contributed by atoms with Gasteiger partial charge in [-0.05, 0) is 24.6 Å². The maximum Gasteiger partial charge on any atom is 0.244 e. The third kappa shape index (κ3) is 6.21. The third-order valence-corrected chi connectivity index (χ3v) is 4.72. The van der Waals surface area contributed by atoms with Crippen molar-refractivity contribution in [3.8, 4) is 11.5 Å². The molecule has 0 aliphatic carbocycles. The SMILES string of the molecule is COc1ccc(Cc2nc([C@@H](C)N)n(CC(=O)N3CCNCC3)n2)cc1OC.Cl.Cl. The van der Waals surface area contributed by atoms with Gasteiger partial charge < -0.3 is 25.4 Å². The summed E-state index contributed by atoms with van der Waals surface area (Å²) in [5.74, 6) is 2.58. The van der Waals surface area contributed by atoms with E-state index in [0.29, 0.717) is 42.7 Å². The number of aromatic nitrogens is 3. The van der Waals surface area contributed by atoms with Gasteiger partial charge in [-0.1, -0.05) is 6.07 Å². The van der Waals surface area contributed by atoms with Crippen molar-refractivity contribution in [2.45, 2.75) is 25.9 Å². The lowest BCUT2D eigenvalue weighted by Crippen LogP contribution is -2.47. The standard InChI is InChI=1S/C19H28N6O3.2ClH/c1-13(20)19-22-17(11-14-4-5-15(27-2)16(10-14)28-3)23-25(19)12-18(26)24-8-6-21-7-9-24;;/h4-5,10,13,21H,6-9,11-12,20H2,1-3H3;2*1H/t13-;;/m1../s1. The highest BCUT2D eigenvalue weighted by atomic mass is 35.5. The Morgan fingerprint density at radius 2 is 1.87 bits per heavy atom. The minimum Gasteiger partial charge on any atom is -0.493 e. The minimum absolute atomic E-state index is 0. The fraction of sp³-hybridized carbons (Fsp3) is 0.526. The molecule has 0 spiro atoms. The summed E-state index contributed by atoms with van der Waals surface area (Å²) in [4.78, 5) is 19.0. The first kappa shape index (κ1) is 26.0. The monoisotopic (exact) mass is 460 g/mol. The normalized spacial score (nSPS) is 14.3. The van der Waals surface area contributed by atoms with Gasteiger partial charge in [0.05, 0.1) is 20.3 Å². The molecule has 2 aromatic rings. The van der Waals surface area contributed by atoms with E-state index in [1.54, 1.807) is 18.9 Å². The van der Waals surface area contributed by atoms with Gasteiger partial charge in [0.1, 0.15) is 12.4 Å². The zero-order chi connectivity index (χ0) is 20.1. The molecular weight excluding hydrogens is 431 g/mol. The quantitative estimate of drug-likeness (QED) is 0.638. The molecule has 3 N–H and O–H groups in total. The maximum atomic E-state index is 12.6. The largest absolute Gasteiger partial charge is 0.493 e. The first-order valence-corrected chi connectivity index (χ1v) is 9.40. The lowest BCUT2D eigenvalue weighted by Gasteiger charge is -2.27. The smallest absolute Gasteiger partial charge is 0.244 e. The van der Waals surface area contributed by atoms with Gasteiger partial charge in [-0.15, -0.1) is 24.8 Å². The molecule has 30 heavy (non-hydrogen) atoms. The highest BCUT2D eigenvalue weighted by molar-refractivity contribution is 5.85. The summed E-state index contributed by atoms with van der Waals surface area (Å²) in [6.07, 6.45) is 0.509. The Morgan fingerprint density at radius 1 is 1.20 bits per heavy atom. The van der Waals surface area contributed by atoms with Crippen molar-refractivity contribution in [3.63, 3.8) is 0 Å². The van der Waals surface area contributed by atoms with Crippen molar-refractivity contribution in [2.75, 3.05) is 40.4 Å². The van der Waals surface area contributed by atoms with E-state index in [1.807, 2.05) is 30.0 Å². The molecule has 1 amide bonds. The van der Waals surface area contributed by atoms with E-state index in [-0.39, 0.29) is 43.3 Å². The van der Waals surface area contributed by atoms with Crippen LogP contribution in [0.3, 0.4) is 0 Å². The van der Waals surface area contributed by atoms with Crippen LogP contribution >= 0.6 is 24.8 Å². The van der Waals surface area contributed by atoms with E-state index >= 15 is 0 Å². The summed E-state index contributed by atoms with van der Waals surface area (Å²) in [5.41, 5.74) is 7.05. The zero-order valence-corrected chi connectivity index (χ0v) is 19.1. The van der Waals surface area contributed by atoms with E-state index in [4.69, 9.17) is 15.2 Å². The number of nitrogens with two attached hydrogens (primary N) is 1. The average molecular weight is 461 g/mol. The third-order valence-electron chi connectivity index (χ3n) is 4.72. The van der Waals surface area contributed by atoms with Crippen LogP contribution in [0.5, 0.6) is 11.5 Å². The van der Waals surface area contributed by atoms with Gasteiger partial charge in [-0.3, -0.25) is 4.79 Å². The highest BCUT2D eigenvalue weighted by Gasteiger charge is 2.21. The van der Waals surface area contributed by atoms with Crippen LogP contribution in [0.2, 0.25) is 0 Å². The topological polar surface area (TPSA) is 108 Å². The Bertz CT molecular complexity index is 825. The summed E-state index contributed by atoms with van der Waals surface area (Å²) < 4.78 is 12.3. The van der Waals surface area contributed by atoms with Crippen molar-refractivity contribution >= 4 is 30.7 Å². The Morgan fingerprint density at radius 3 is 2.47 bits per heavy atom. The number of halogens is 2. The number of ether oxygens (including phenoxy) is 2. The summed E-state index contributed by atoms with van der Waals surface area (Å²) in [6, 6.07) is 5.38. The molecule has 3 rings (SSSR count). The number of hydrogen-bond acceptors (Lipinski definition) is 7. The first-order valence-electron chi connectivity index (χ1n) is 9.40. The number of piperazine rings is 1. The van der Waals surface area contributed by atoms with Gasteiger partial charge >= 0.3 is 0 Å². The lowest BCUT2D eigenvalue weighted by atomic mass is 10.1. The summed E-state index contributed by atoms with van der Waals surface area (Å²) in [7, 11) is 3.20. The van der Waals surface area contributed by atoms with Crippen LogP contribution in [-0.4, -0.2) is 66.0 Å². The molecule has 1 fully saturated rings. The maximum absolute atomic E-state index is 12.6. The fourth-order valence-corrected chi connectivity index (χ4v) is 3.25. The van der Waals surface area contributed by atoms with Gasteiger partial charge in [-0.25, -0.2) is 9.67 Å². The van der Waals surface area contributed by atoms with E-state index in [2.05, 4.69) is 15.4 Å². The van der Waals surface area contributed by atoms with Crippen LogP contribution in [-0.2, 0) is 17.8 Å². The lowest BCUT2D eigenvalue weighted by molar-refractivity contribution is -0.132. The second-order valence-electron chi connectivity index (χ2n) is 6.83. The molecule has 1 aliphatic heterocycles. The molecule has 1 aromatic carbocycles. The zero-order valence-electron chi connectivity index (χ0n) is 17.5. The molecule has 0 unspecified atom stereocenters. The molecular formula is C19H30Cl2N6O3. The van der Waals surface area contributed by atoms with E-state index in [1.165, 1.54) is 0 Å². The number of carbonyl (C=O) groups excluding carboxylic acids is 1. The van der Waals surface area contributed by atoms with Gasteiger partial charge in [-0.2, -0.15) is 5.10 Å². The highest BCUT2D eigenvalue weighted by Crippen LogP contribution is 2.28. The summed E-state index contributed by atoms with van der Waals surface area (Å²) in [5, 5.41) is 7.79. The second-order valence-corrected chi connectivity index (χ2v) is 6.83. The van der Waals surface area contributed by atoms with Crippen LogP contribution in [0, 0.1) is 0 Å². The number of hydrogen-bond donors (Lipinski definition) is 2. The van der Waals surface area contributed by atoms with Crippen LogP contribution in [0.1, 0.15) is 30.2 Å². The van der Waals surface area contributed by atoms with Crippen LogP contribution in [0.25, 0.3) is 0 Å². The van der Waals surface area contributed by atoms with Crippen LogP contribution < -0.4 is 20.5 Å². The van der Waals surface area contributed by atoms with Crippen molar-refractivity contribution in [1.29, 1.82) is 0 Å². The molecule has 2 heterocycles. The number of methoxy groups -OCH3 is 2. The average Bonchev–Trinajstić information content (AvgIpc) is 3.10. The number of nitrogens with one attached hydrogen (secondary N) is 1. The fourth-order valence-electron chi connectivity index (χ4n) is 3.25. The molecule has 168 valence electrons. The minimum atomic E-state index is -0.317. The van der Waals surface area contributed by atoms with Crippen molar-refractivity contribution in [2.24, 2.45) is 5.73 Å². The Balaban J connectivity index is 0.00000225. The van der Waals surface area contributed by atoms with E-state index in [0.717, 1.165) is 18.7 Å². The molecule has 1 atom stereocenters. The molecule has 11 heteroatoms. The number of carbonyl (C=O) groups is 1. The van der Waals surface area contributed by atoms with Gasteiger partial charge in [0.25, 0.3) is 0 Å². The van der Waals surface area contributed by atoms with Gasteiger partial charge in [0.2, 0.25) is 5.91 Å². The van der Waals surface area contributed by atoms with E-state index < -0.39 is 0 Å². The predicted molar refractivity (Wildman–Crippen MR) is 119 cm³/mol. The Labute approximate surface area is 189 Å². The number of nitrogens with zero attached hydrogens (tertiary/aromatic N) is 4. The molecule has 1 aromatic heterocycles. The number of rotatable bonds is 7. The molecule has 9 nitrogen and oxygen atoms in total. The van der Waals surface area contributed by atoms with Gasteiger partial charge in [0, 0.05) is 32.6 Å². The predicted octanol–water partition coefficient (Wildman–Crippen LogP) is 1.18. The van der Waals surface area contributed by atoms with Crippen LogP contribution in [0.15, 0.2) is 18.2 Å². The number of amides is 1. The van der Waals surface area contributed by atoms with Gasteiger partial charge in [0.15, 0.2) is 17.3 Å². The van der Waals surface area contributed by atoms with Crippen molar-refractivity contribution < 1.29 is 14.3 Å². The Hall–Kier alpha value is -2.07. The Kier molecular flexibility index (Phi) is 10.3. The molecule has 1 aliphatic rings. The summed E-state index contributed by atoms with van der Waals surface area (Å²) in [6.45, 7) is 5.03. The van der Waals surface area contributed by atoms with Crippen LogP contribution in [0.4, 0.5) is 0 Å². The number of benzene rings is 1. The van der Waals surface area contributed by atoms with E-state index in [9.17, 15) is 4.79 Å². The van der Waals surface area contributed by atoms with Crippen molar-refractivity contribution in [1.82, 2.24) is 25.0 Å². The second kappa shape index (κ2) is 11.9. The first-order chi connectivity index (χ1) is 13.5. The van der Waals surface area contributed by atoms with Crippen molar-refractivity contribution in [3.05, 3.63) is 35.4 Å². The molecule has 0 saturated carbocycles. The molecule has 0 bridgehead atoms. The molecule has 1 saturated heterocycles.